The number of anilines is 1. The van der Waals surface area contributed by atoms with Gasteiger partial charge in [-0.3, -0.25) is 4.79 Å². The molecule has 0 unspecified atom stereocenters. The summed E-state index contributed by atoms with van der Waals surface area (Å²) in [6, 6.07) is 7.73. The Balaban J connectivity index is 1.58. The van der Waals surface area contributed by atoms with Gasteiger partial charge in [0, 0.05) is 51.3 Å². The second-order valence-electron chi connectivity index (χ2n) is 5.76. The Labute approximate surface area is 139 Å². The molecule has 0 radical (unpaired) electrons. The number of ether oxygens (including phenoxy) is 1. The molecule has 7 heteroatoms. The largest absolute Gasteiger partial charge is 0.465 e. The van der Waals surface area contributed by atoms with Crippen LogP contribution in [0.3, 0.4) is 0 Å². The van der Waals surface area contributed by atoms with Crippen LogP contribution in [-0.2, 0) is 0 Å². The maximum Gasteiger partial charge on any atom is 0.294 e. The standard InChI is InChI=1S/C16H20N4O2S/c1-19(2)13-5-3-4-12(10-13)15(21)20-8-6-14(7-9-20)22-16-18-17-11-23-16/h3-5,10-11,14H,6-9H2,1-2H3. The van der Waals surface area contributed by atoms with Crippen molar-refractivity contribution in [1.29, 1.82) is 0 Å². The molecule has 1 aliphatic rings. The van der Waals surface area contributed by atoms with Gasteiger partial charge in [0.05, 0.1) is 0 Å². The van der Waals surface area contributed by atoms with Crippen LogP contribution >= 0.6 is 11.3 Å². The van der Waals surface area contributed by atoms with Crippen LogP contribution in [0.4, 0.5) is 5.69 Å². The predicted octanol–water partition coefficient (Wildman–Crippen LogP) is 2.29. The third kappa shape index (κ3) is 3.79. The van der Waals surface area contributed by atoms with E-state index in [4.69, 9.17) is 4.74 Å². The van der Waals surface area contributed by atoms with Crippen molar-refractivity contribution in [3.63, 3.8) is 0 Å². The molecule has 6 nitrogen and oxygen atoms in total. The fourth-order valence-electron chi connectivity index (χ4n) is 2.63. The Hall–Kier alpha value is -2.15. The minimum atomic E-state index is 0.0862. The summed E-state index contributed by atoms with van der Waals surface area (Å²) < 4.78 is 5.78. The lowest BCUT2D eigenvalue weighted by Crippen LogP contribution is -2.41. The number of aromatic nitrogens is 2. The second kappa shape index (κ2) is 6.95. The van der Waals surface area contributed by atoms with Gasteiger partial charge in [0.25, 0.3) is 11.1 Å². The molecule has 1 fully saturated rings. The van der Waals surface area contributed by atoms with Gasteiger partial charge in [-0.05, 0) is 18.2 Å². The fourth-order valence-corrected chi connectivity index (χ4v) is 3.10. The summed E-state index contributed by atoms with van der Waals surface area (Å²) in [5.41, 5.74) is 3.43. The normalized spacial score (nSPS) is 15.5. The number of hydrogen-bond donors (Lipinski definition) is 0. The Morgan fingerprint density at radius 1 is 1.35 bits per heavy atom. The third-order valence-electron chi connectivity index (χ3n) is 3.95. The van der Waals surface area contributed by atoms with E-state index in [-0.39, 0.29) is 12.0 Å². The number of rotatable bonds is 4. The molecule has 122 valence electrons. The Bertz CT molecular complexity index is 652. The number of carbonyl (C=O) groups excluding carboxylic acids is 1. The van der Waals surface area contributed by atoms with Crippen LogP contribution < -0.4 is 9.64 Å². The summed E-state index contributed by atoms with van der Waals surface area (Å²) in [5, 5.41) is 8.27. The van der Waals surface area contributed by atoms with E-state index in [1.807, 2.05) is 48.2 Å². The quantitative estimate of drug-likeness (QED) is 0.860. The molecule has 0 bridgehead atoms. The number of nitrogens with zero attached hydrogens (tertiary/aromatic N) is 4. The maximum absolute atomic E-state index is 12.6. The number of amides is 1. The molecule has 3 rings (SSSR count). The van der Waals surface area contributed by atoms with E-state index in [2.05, 4.69) is 10.2 Å². The van der Waals surface area contributed by atoms with Crippen molar-refractivity contribution in [2.24, 2.45) is 0 Å². The SMILES string of the molecule is CN(C)c1cccc(C(=O)N2CCC(Oc3nncs3)CC2)c1. The van der Waals surface area contributed by atoms with Crippen LogP contribution in [0.25, 0.3) is 0 Å². The summed E-state index contributed by atoms with van der Waals surface area (Å²) in [5.74, 6) is 0.0862. The Morgan fingerprint density at radius 3 is 2.78 bits per heavy atom. The van der Waals surface area contributed by atoms with Crippen molar-refractivity contribution in [1.82, 2.24) is 15.1 Å². The molecule has 0 atom stereocenters. The van der Waals surface area contributed by atoms with Crippen molar-refractivity contribution in [2.75, 3.05) is 32.1 Å². The molecule has 1 saturated heterocycles. The van der Waals surface area contributed by atoms with Gasteiger partial charge in [-0.2, -0.15) is 0 Å². The van der Waals surface area contributed by atoms with Crippen molar-refractivity contribution < 1.29 is 9.53 Å². The van der Waals surface area contributed by atoms with Crippen LogP contribution in [-0.4, -0.2) is 54.3 Å². The summed E-state index contributed by atoms with van der Waals surface area (Å²) in [4.78, 5) is 16.5. The van der Waals surface area contributed by atoms with Gasteiger partial charge in [-0.1, -0.05) is 17.4 Å². The van der Waals surface area contributed by atoms with E-state index in [0.717, 1.165) is 24.1 Å². The smallest absolute Gasteiger partial charge is 0.294 e. The lowest BCUT2D eigenvalue weighted by molar-refractivity contribution is 0.0594. The second-order valence-corrected chi connectivity index (χ2v) is 6.55. The van der Waals surface area contributed by atoms with Crippen LogP contribution in [0.15, 0.2) is 29.8 Å². The third-order valence-corrected chi connectivity index (χ3v) is 4.53. The molecule has 1 aromatic heterocycles. The number of likely N-dealkylation sites (tertiary alicyclic amines) is 1. The molecule has 1 amide bonds. The zero-order chi connectivity index (χ0) is 16.2. The maximum atomic E-state index is 12.6. The number of benzene rings is 1. The number of hydrogen-bond acceptors (Lipinski definition) is 6. The van der Waals surface area contributed by atoms with Crippen LogP contribution in [0.2, 0.25) is 0 Å². The summed E-state index contributed by atoms with van der Waals surface area (Å²) in [6.07, 6.45) is 1.75. The highest BCUT2D eigenvalue weighted by Crippen LogP contribution is 2.22. The van der Waals surface area contributed by atoms with Crippen LogP contribution in [0.5, 0.6) is 5.19 Å². The summed E-state index contributed by atoms with van der Waals surface area (Å²) in [6.45, 7) is 1.41. The first-order valence-electron chi connectivity index (χ1n) is 7.63. The fraction of sp³-hybridized carbons (Fsp3) is 0.438. The van der Waals surface area contributed by atoms with Crippen molar-refractivity contribution in [3.8, 4) is 5.19 Å². The van der Waals surface area contributed by atoms with Crippen LogP contribution in [0, 0.1) is 0 Å². The molecule has 0 N–H and O–H groups in total. The topological polar surface area (TPSA) is 58.6 Å². The average molecular weight is 332 g/mol. The van der Waals surface area contributed by atoms with Crippen molar-refractivity contribution in [3.05, 3.63) is 35.3 Å². The monoisotopic (exact) mass is 332 g/mol. The van der Waals surface area contributed by atoms with E-state index in [9.17, 15) is 4.79 Å². The zero-order valence-corrected chi connectivity index (χ0v) is 14.1. The molecule has 0 aliphatic carbocycles. The van der Waals surface area contributed by atoms with E-state index >= 15 is 0 Å². The molecule has 1 aliphatic heterocycles. The first-order chi connectivity index (χ1) is 11.1. The van der Waals surface area contributed by atoms with Crippen molar-refractivity contribution in [2.45, 2.75) is 18.9 Å². The van der Waals surface area contributed by atoms with Crippen LogP contribution in [0.1, 0.15) is 23.2 Å². The minimum Gasteiger partial charge on any atom is -0.465 e. The van der Waals surface area contributed by atoms with E-state index < -0.39 is 0 Å². The van der Waals surface area contributed by atoms with Gasteiger partial charge in [0.2, 0.25) is 0 Å². The molecule has 23 heavy (non-hydrogen) atoms. The van der Waals surface area contributed by atoms with Gasteiger partial charge in [0.1, 0.15) is 11.6 Å². The minimum absolute atomic E-state index is 0.0862. The first kappa shape index (κ1) is 15.7. The summed E-state index contributed by atoms with van der Waals surface area (Å²) >= 11 is 1.40. The van der Waals surface area contributed by atoms with Gasteiger partial charge < -0.3 is 14.5 Å². The van der Waals surface area contributed by atoms with Gasteiger partial charge in [0.15, 0.2) is 0 Å². The van der Waals surface area contributed by atoms with Crippen molar-refractivity contribution >= 4 is 22.9 Å². The van der Waals surface area contributed by atoms with Gasteiger partial charge >= 0.3 is 0 Å². The molecule has 2 aromatic rings. The number of piperidine rings is 1. The highest BCUT2D eigenvalue weighted by molar-refractivity contribution is 7.11. The predicted molar refractivity (Wildman–Crippen MR) is 90.2 cm³/mol. The summed E-state index contributed by atoms with van der Waals surface area (Å²) in [7, 11) is 3.94. The van der Waals surface area contributed by atoms with E-state index in [1.54, 1.807) is 5.51 Å². The molecule has 2 heterocycles. The highest BCUT2D eigenvalue weighted by atomic mass is 32.1. The van der Waals surface area contributed by atoms with Gasteiger partial charge in [-0.15, -0.1) is 10.2 Å². The Kier molecular flexibility index (Phi) is 4.76. The van der Waals surface area contributed by atoms with E-state index in [0.29, 0.717) is 18.3 Å². The van der Waals surface area contributed by atoms with Gasteiger partial charge in [-0.25, -0.2) is 0 Å². The molecule has 1 aromatic carbocycles. The lowest BCUT2D eigenvalue weighted by atomic mass is 10.1. The first-order valence-corrected chi connectivity index (χ1v) is 8.51. The molecule has 0 spiro atoms. The average Bonchev–Trinajstić information content (AvgIpc) is 3.08. The molecule has 0 saturated carbocycles. The molecular weight excluding hydrogens is 312 g/mol. The van der Waals surface area contributed by atoms with E-state index in [1.165, 1.54) is 11.3 Å². The Morgan fingerprint density at radius 2 is 2.13 bits per heavy atom. The highest BCUT2D eigenvalue weighted by Gasteiger charge is 2.25. The zero-order valence-electron chi connectivity index (χ0n) is 13.3. The molecular formula is C16H20N4O2S. The number of carbonyl (C=O) groups is 1. The lowest BCUT2D eigenvalue weighted by Gasteiger charge is -2.31.